The highest BCUT2D eigenvalue weighted by atomic mass is 16.6. The van der Waals surface area contributed by atoms with Crippen LogP contribution in [0.4, 0.5) is 10.5 Å². The van der Waals surface area contributed by atoms with Crippen LogP contribution in [-0.4, -0.2) is 45.2 Å². The van der Waals surface area contributed by atoms with Gasteiger partial charge in [0.15, 0.2) is 0 Å². The Labute approximate surface area is 160 Å². The summed E-state index contributed by atoms with van der Waals surface area (Å²) in [6, 6.07) is 1.88. The van der Waals surface area contributed by atoms with Crippen LogP contribution in [0.15, 0.2) is 18.5 Å². The van der Waals surface area contributed by atoms with Crippen molar-refractivity contribution in [3.05, 3.63) is 24.2 Å². The first-order valence-electron chi connectivity index (χ1n) is 9.55. The number of aromatic nitrogens is 2. The minimum absolute atomic E-state index is 0.0568. The lowest BCUT2D eigenvalue weighted by Gasteiger charge is -2.32. The molecule has 1 aliphatic heterocycles. The molecule has 0 radical (unpaired) electrons. The third-order valence-electron chi connectivity index (χ3n) is 4.53. The summed E-state index contributed by atoms with van der Waals surface area (Å²) in [5, 5.41) is 0. The van der Waals surface area contributed by atoms with Gasteiger partial charge in [0.1, 0.15) is 17.0 Å². The van der Waals surface area contributed by atoms with E-state index in [1.54, 1.807) is 4.90 Å². The smallest absolute Gasteiger partial charge is 0.410 e. The molecule has 0 spiro atoms. The summed E-state index contributed by atoms with van der Waals surface area (Å²) in [5.41, 5.74) is 8.07. The highest BCUT2D eigenvalue weighted by Crippen LogP contribution is 2.30. The van der Waals surface area contributed by atoms with Crippen LogP contribution < -0.4 is 10.5 Å². The van der Waals surface area contributed by atoms with Crippen LogP contribution in [0.3, 0.4) is 0 Å². The predicted octanol–water partition coefficient (Wildman–Crippen LogP) is 3.82. The Balaban J connectivity index is 1.69. The van der Waals surface area contributed by atoms with Crippen LogP contribution >= 0.6 is 0 Å². The monoisotopic (exact) mass is 374 g/mol. The van der Waals surface area contributed by atoms with Crippen molar-refractivity contribution in [1.82, 2.24) is 14.3 Å². The number of hydrogen-bond acceptors (Lipinski definition) is 5. The first-order valence-corrected chi connectivity index (χ1v) is 9.55. The van der Waals surface area contributed by atoms with E-state index in [2.05, 4.69) is 0 Å². The second kappa shape index (κ2) is 7.29. The second-order valence-corrected chi connectivity index (χ2v) is 8.43. The zero-order valence-corrected chi connectivity index (χ0v) is 16.9. The number of rotatable bonds is 3. The molecule has 7 nitrogen and oxygen atoms in total. The minimum atomic E-state index is -0.467. The van der Waals surface area contributed by atoms with E-state index in [-0.39, 0.29) is 12.2 Å². The zero-order valence-electron chi connectivity index (χ0n) is 16.9. The van der Waals surface area contributed by atoms with Crippen LogP contribution in [0.2, 0.25) is 0 Å². The molecule has 27 heavy (non-hydrogen) atoms. The standard InChI is InChI=1S/C20H30N4O3/c1-13(2)26-17-10-18-22-16(12-24(18)11-15(17)21)14-6-8-23(9-7-14)19(25)27-20(3,4)5/h10-14H,6-9,21H2,1-5H3. The molecule has 0 aromatic carbocycles. The van der Waals surface area contributed by atoms with Crippen molar-refractivity contribution in [2.75, 3.05) is 18.8 Å². The van der Waals surface area contributed by atoms with Crippen molar-refractivity contribution in [3.8, 4) is 5.75 Å². The van der Waals surface area contributed by atoms with Crippen molar-refractivity contribution in [2.24, 2.45) is 0 Å². The first-order chi connectivity index (χ1) is 12.6. The normalized spacial score (nSPS) is 16.1. The van der Waals surface area contributed by atoms with Crippen LogP contribution in [0.5, 0.6) is 5.75 Å². The van der Waals surface area contributed by atoms with E-state index < -0.39 is 5.60 Å². The molecule has 0 aliphatic carbocycles. The number of ether oxygens (including phenoxy) is 2. The quantitative estimate of drug-likeness (QED) is 0.883. The molecule has 1 saturated heterocycles. The maximum atomic E-state index is 12.2. The molecule has 0 unspecified atom stereocenters. The van der Waals surface area contributed by atoms with Crippen LogP contribution in [0.25, 0.3) is 5.65 Å². The number of piperidine rings is 1. The maximum Gasteiger partial charge on any atom is 0.410 e. The van der Waals surface area contributed by atoms with Gasteiger partial charge < -0.3 is 24.5 Å². The average Bonchev–Trinajstić information content (AvgIpc) is 2.96. The van der Waals surface area contributed by atoms with Gasteiger partial charge in [-0.1, -0.05) is 0 Å². The molecule has 148 valence electrons. The maximum absolute atomic E-state index is 12.2. The van der Waals surface area contributed by atoms with Gasteiger partial charge >= 0.3 is 6.09 Å². The number of carbonyl (C=O) groups is 1. The number of anilines is 1. The molecular weight excluding hydrogens is 344 g/mol. The number of pyridine rings is 1. The number of nitrogens with zero attached hydrogens (tertiary/aromatic N) is 3. The number of fused-ring (bicyclic) bond motifs is 1. The molecule has 1 fully saturated rings. The fourth-order valence-electron chi connectivity index (χ4n) is 3.29. The Morgan fingerprint density at radius 1 is 1.26 bits per heavy atom. The number of imidazole rings is 1. The fraction of sp³-hybridized carbons (Fsp3) is 0.600. The molecule has 0 saturated carbocycles. The molecule has 1 aliphatic rings. The molecule has 2 aromatic rings. The highest BCUT2D eigenvalue weighted by molar-refractivity contribution is 5.68. The van der Waals surface area contributed by atoms with E-state index in [1.165, 1.54) is 0 Å². The van der Waals surface area contributed by atoms with Gasteiger partial charge in [-0.2, -0.15) is 0 Å². The number of carbonyl (C=O) groups excluding carboxylic acids is 1. The van der Waals surface area contributed by atoms with Crippen LogP contribution in [0.1, 0.15) is 59.1 Å². The summed E-state index contributed by atoms with van der Waals surface area (Å²) in [5.74, 6) is 0.980. The van der Waals surface area contributed by atoms with E-state index in [0.717, 1.165) is 24.2 Å². The SMILES string of the molecule is CC(C)Oc1cc2nc(C3CCN(C(=O)OC(C)(C)C)CC3)cn2cc1N. The van der Waals surface area contributed by atoms with Gasteiger partial charge in [0.2, 0.25) is 0 Å². The largest absolute Gasteiger partial charge is 0.489 e. The van der Waals surface area contributed by atoms with E-state index in [9.17, 15) is 4.79 Å². The Hall–Kier alpha value is -2.44. The number of nitrogens with two attached hydrogens (primary N) is 1. The lowest BCUT2D eigenvalue weighted by atomic mass is 9.94. The lowest BCUT2D eigenvalue weighted by Crippen LogP contribution is -2.41. The molecular formula is C20H30N4O3. The third-order valence-corrected chi connectivity index (χ3v) is 4.53. The molecule has 3 heterocycles. The molecule has 3 rings (SSSR count). The van der Waals surface area contributed by atoms with Crippen molar-refractivity contribution in [3.63, 3.8) is 0 Å². The molecule has 0 bridgehead atoms. The fourth-order valence-corrected chi connectivity index (χ4v) is 3.29. The number of likely N-dealkylation sites (tertiary alicyclic amines) is 1. The summed E-state index contributed by atoms with van der Waals surface area (Å²) in [4.78, 5) is 18.8. The lowest BCUT2D eigenvalue weighted by molar-refractivity contribution is 0.0204. The summed E-state index contributed by atoms with van der Waals surface area (Å²) in [6.07, 6.45) is 5.43. The summed E-state index contributed by atoms with van der Waals surface area (Å²) in [7, 11) is 0. The van der Waals surface area contributed by atoms with Crippen LogP contribution in [-0.2, 0) is 4.74 Å². The number of amides is 1. The number of nitrogen functional groups attached to an aromatic ring is 1. The van der Waals surface area contributed by atoms with Gasteiger partial charge in [-0.05, 0) is 47.5 Å². The van der Waals surface area contributed by atoms with E-state index in [4.69, 9.17) is 20.2 Å². The van der Waals surface area contributed by atoms with Gasteiger partial charge in [0, 0.05) is 37.5 Å². The molecule has 7 heteroatoms. The van der Waals surface area contributed by atoms with Crippen molar-refractivity contribution < 1.29 is 14.3 Å². The molecule has 0 atom stereocenters. The molecule has 2 aromatic heterocycles. The Bertz CT molecular complexity index is 814. The van der Waals surface area contributed by atoms with Gasteiger partial charge in [0.05, 0.1) is 17.5 Å². The Kier molecular flexibility index (Phi) is 5.22. The second-order valence-electron chi connectivity index (χ2n) is 8.43. The van der Waals surface area contributed by atoms with Gasteiger partial charge in [-0.25, -0.2) is 9.78 Å². The van der Waals surface area contributed by atoms with Crippen molar-refractivity contribution in [1.29, 1.82) is 0 Å². The Morgan fingerprint density at radius 3 is 2.52 bits per heavy atom. The van der Waals surface area contributed by atoms with E-state index in [1.807, 2.05) is 57.5 Å². The topological polar surface area (TPSA) is 82.1 Å². The highest BCUT2D eigenvalue weighted by Gasteiger charge is 2.28. The van der Waals surface area contributed by atoms with Gasteiger partial charge in [0.25, 0.3) is 0 Å². The van der Waals surface area contributed by atoms with Crippen molar-refractivity contribution >= 4 is 17.4 Å². The first kappa shape index (κ1) is 19.3. The number of hydrogen-bond donors (Lipinski definition) is 1. The van der Waals surface area contributed by atoms with Gasteiger partial charge in [-0.3, -0.25) is 0 Å². The third kappa shape index (κ3) is 4.64. The average molecular weight is 374 g/mol. The zero-order chi connectivity index (χ0) is 19.8. The van der Waals surface area contributed by atoms with E-state index in [0.29, 0.717) is 30.4 Å². The molecule has 2 N–H and O–H groups in total. The minimum Gasteiger partial charge on any atom is -0.489 e. The summed E-state index contributed by atoms with van der Waals surface area (Å²) >= 11 is 0. The Morgan fingerprint density at radius 2 is 1.93 bits per heavy atom. The van der Waals surface area contributed by atoms with Crippen molar-refractivity contribution in [2.45, 2.75) is 65.1 Å². The summed E-state index contributed by atoms with van der Waals surface area (Å²) < 4.78 is 13.2. The summed E-state index contributed by atoms with van der Waals surface area (Å²) in [6.45, 7) is 11.0. The predicted molar refractivity (Wildman–Crippen MR) is 105 cm³/mol. The molecule has 1 amide bonds. The van der Waals surface area contributed by atoms with Gasteiger partial charge in [-0.15, -0.1) is 0 Å². The van der Waals surface area contributed by atoms with Crippen LogP contribution in [0, 0.1) is 0 Å². The van der Waals surface area contributed by atoms with E-state index >= 15 is 0 Å².